The third kappa shape index (κ3) is 4.66. The molecular weight excluding hydrogens is 236 g/mol. The Labute approximate surface area is 117 Å². The molecule has 1 unspecified atom stereocenters. The normalized spacial score (nSPS) is 18.9. The molecule has 1 aliphatic carbocycles. The minimum absolute atomic E-state index is 0.388. The van der Waals surface area contributed by atoms with Crippen LogP contribution >= 0.6 is 0 Å². The summed E-state index contributed by atoms with van der Waals surface area (Å²) < 4.78 is 5.11. The molecule has 1 aliphatic rings. The number of hydrogen-bond donors (Lipinski definition) is 1. The van der Waals surface area contributed by atoms with Gasteiger partial charge >= 0.3 is 0 Å². The molecule has 19 heavy (non-hydrogen) atoms. The summed E-state index contributed by atoms with van der Waals surface area (Å²) in [6, 6.07) is 3.25. The molecule has 1 aromatic rings. The van der Waals surface area contributed by atoms with Crippen LogP contribution in [0.1, 0.15) is 57.1 Å². The third-order valence-electron chi connectivity index (χ3n) is 4.38. The molecule has 0 radical (unpaired) electrons. The summed E-state index contributed by atoms with van der Waals surface area (Å²) in [4.78, 5) is 2.56. The fourth-order valence-electron chi connectivity index (χ4n) is 2.99. The first-order valence-corrected chi connectivity index (χ1v) is 7.73. The molecule has 1 aromatic heterocycles. The molecule has 2 rings (SSSR count). The van der Waals surface area contributed by atoms with Crippen molar-refractivity contribution < 1.29 is 4.42 Å². The lowest BCUT2D eigenvalue weighted by Crippen LogP contribution is -2.35. The average Bonchev–Trinajstić information content (AvgIpc) is 2.98. The van der Waals surface area contributed by atoms with E-state index in [1.807, 2.05) is 12.3 Å². The van der Waals surface area contributed by atoms with E-state index in [1.165, 1.54) is 50.6 Å². The number of hydrogen-bond acceptors (Lipinski definition) is 3. The summed E-state index contributed by atoms with van der Waals surface area (Å²) in [6.45, 7) is 4.47. The molecule has 1 fully saturated rings. The molecule has 1 atom stereocenters. The van der Waals surface area contributed by atoms with Gasteiger partial charge in [-0.1, -0.05) is 19.3 Å². The zero-order chi connectivity index (χ0) is 13.5. The zero-order valence-electron chi connectivity index (χ0n) is 12.4. The molecule has 1 N–H and O–H groups in total. The fraction of sp³-hybridized carbons (Fsp3) is 0.750. The van der Waals surface area contributed by atoms with Crippen molar-refractivity contribution in [3.63, 3.8) is 0 Å². The first-order chi connectivity index (χ1) is 9.27. The van der Waals surface area contributed by atoms with Gasteiger partial charge in [-0.05, 0) is 52.4 Å². The highest BCUT2D eigenvalue weighted by molar-refractivity contribution is 5.09. The Hall–Kier alpha value is -0.800. The fourth-order valence-corrected chi connectivity index (χ4v) is 2.99. The van der Waals surface area contributed by atoms with E-state index >= 15 is 0 Å². The minimum atomic E-state index is 0.388. The molecule has 0 spiro atoms. The van der Waals surface area contributed by atoms with Crippen LogP contribution in [0.4, 0.5) is 0 Å². The van der Waals surface area contributed by atoms with E-state index in [2.05, 4.69) is 24.2 Å². The van der Waals surface area contributed by atoms with Crippen LogP contribution in [0, 0.1) is 0 Å². The van der Waals surface area contributed by atoms with Crippen molar-refractivity contribution >= 4 is 0 Å². The standard InChI is InChI=1S/C16H28N2O/c1-14(15-9-12-19-13-15)17-10-6-11-18(2)16-7-4-3-5-8-16/h9,12-14,16-17H,3-8,10-11H2,1-2H3. The Kier molecular flexibility index (Phi) is 5.93. The van der Waals surface area contributed by atoms with E-state index < -0.39 is 0 Å². The lowest BCUT2D eigenvalue weighted by Gasteiger charge is -2.31. The lowest BCUT2D eigenvalue weighted by molar-refractivity contribution is 0.189. The van der Waals surface area contributed by atoms with Gasteiger partial charge in [0.05, 0.1) is 12.5 Å². The van der Waals surface area contributed by atoms with Crippen LogP contribution in [0.3, 0.4) is 0 Å². The molecule has 108 valence electrons. The molecular formula is C16H28N2O. The second-order valence-corrected chi connectivity index (χ2v) is 5.86. The predicted molar refractivity (Wildman–Crippen MR) is 79.2 cm³/mol. The molecule has 1 saturated carbocycles. The quantitative estimate of drug-likeness (QED) is 0.763. The highest BCUT2D eigenvalue weighted by Gasteiger charge is 2.17. The van der Waals surface area contributed by atoms with Crippen LogP contribution in [0.15, 0.2) is 23.0 Å². The number of nitrogens with one attached hydrogen (secondary N) is 1. The second kappa shape index (κ2) is 7.71. The van der Waals surface area contributed by atoms with Gasteiger partial charge in [0.15, 0.2) is 0 Å². The maximum absolute atomic E-state index is 5.11. The van der Waals surface area contributed by atoms with Gasteiger partial charge in [-0.2, -0.15) is 0 Å². The first kappa shape index (κ1) is 14.6. The summed E-state index contributed by atoms with van der Waals surface area (Å²) in [5.41, 5.74) is 1.24. The minimum Gasteiger partial charge on any atom is -0.472 e. The second-order valence-electron chi connectivity index (χ2n) is 5.86. The van der Waals surface area contributed by atoms with Gasteiger partial charge in [0.2, 0.25) is 0 Å². The molecule has 0 aliphatic heterocycles. The largest absolute Gasteiger partial charge is 0.472 e. The summed E-state index contributed by atoms with van der Waals surface area (Å²) in [6.07, 6.45) is 11.9. The maximum Gasteiger partial charge on any atom is 0.0950 e. The lowest BCUT2D eigenvalue weighted by atomic mass is 9.94. The van der Waals surface area contributed by atoms with Crippen LogP contribution in [0.5, 0.6) is 0 Å². The average molecular weight is 264 g/mol. The Bertz CT molecular complexity index is 331. The summed E-state index contributed by atoms with van der Waals surface area (Å²) in [5.74, 6) is 0. The first-order valence-electron chi connectivity index (χ1n) is 7.73. The number of rotatable bonds is 7. The van der Waals surface area contributed by atoms with Crippen molar-refractivity contribution in [3.05, 3.63) is 24.2 Å². The van der Waals surface area contributed by atoms with Gasteiger partial charge in [-0.3, -0.25) is 0 Å². The predicted octanol–water partition coefficient (Wildman–Crippen LogP) is 3.58. The van der Waals surface area contributed by atoms with Crippen LogP contribution < -0.4 is 5.32 Å². The van der Waals surface area contributed by atoms with Gasteiger partial charge in [-0.25, -0.2) is 0 Å². The van der Waals surface area contributed by atoms with Crippen molar-refractivity contribution in [3.8, 4) is 0 Å². The van der Waals surface area contributed by atoms with Gasteiger partial charge in [0.1, 0.15) is 0 Å². The molecule has 3 heteroatoms. The molecule has 0 amide bonds. The van der Waals surface area contributed by atoms with Crippen LogP contribution in [0.25, 0.3) is 0 Å². The summed E-state index contributed by atoms with van der Waals surface area (Å²) >= 11 is 0. The Morgan fingerprint density at radius 3 is 2.84 bits per heavy atom. The van der Waals surface area contributed by atoms with Gasteiger partial charge in [0.25, 0.3) is 0 Å². The third-order valence-corrected chi connectivity index (χ3v) is 4.38. The van der Waals surface area contributed by atoms with Crippen molar-refractivity contribution in [2.24, 2.45) is 0 Å². The summed E-state index contributed by atoms with van der Waals surface area (Å²) in [7, 11) is 2.29. The van der Waals surface area contributed by atoms with E-state index in [4.69, 9.17) is 4.42 Å². The van der Waals surface area contributed by atoms with Crippen LogP contribution in [0.2, 0.25) is 0 Å². The van der Waals surface area contributed by atoms with E-state index in [0.717, 1.165) is 12.6 Å². The monoisotopic (exact) mass is 264 g/mol. The topological polar surface area (TPSA) is 28.4 Å². The molecule has 3 nitrogen and oxygen atoms in total. The Balaban J connectivity index is 1.58. The van der Waals surface area contributed by atoms with E-state index in [0.29, 0.717) is 6.04 Å². The van der Waals surface area contributed by atoms with Gasteiger partial charge < -0.3 is 14.6 Å². The maximum atomic E-state index is 5.11. The zero-order valence-corrected chi connectivity index (χ0v) is 12.4. The molecule has 1 heterocycles. The smallest absolute Gasteiger partial charge is 0.0950 e. The van der Waals surface area contributed by atoms with Crippen LogP contribution in [-0.4, -0.2) is 31.1 Å². The van der Waals surface area contributed by atoms with Gasteiger partial charge in [-0.15, -0.1) is 0 Å². The Morgan fingerprint density at radius 2 is 2.16 bits per heavy atom. The molecule has 0 bridgehead atoms. The highest BCUT2D eigenvalue weighted by Crippen LogP contribution is 2.21. The Morgan fingerprint density at radius 1 is 1.37 bits per heavy atom. The summed E-state index contributed by atoms with van der Waals surface area (Å²) in [5, 5.41) is 3.56. The number of nitrogens with zero attached hydrogens (tertiary/aromatic N) is 1. The van der Waals surface area contributed by atoms with Crippen LogP contribution in [-0.2, 0) is 0 Å². The molecule has 0 aromatic carbocycles. The SMILES string of the molecule is CC(NCCCN(C)C1CCCCC1)c1ccoc1. The van der Waals surface area contributed by atoms with Crippen molar-refractivity contribution in [1.29, 1.82) is 0 Å². The van der Waals surface area contributed by atoms with E-state index in [-0.39, 0.29) is 0 Å². The number of furan rings is 1. The van der Waals surface area contributed by atoms with Crippen molar-refractivity contribution in [1.82, 2.24) is 10.2 Å². The molecule has 0 saturated heterocycles. The van der Waals surface area contributed by atoms with Crippen molar-refractivity contribution in [2.45, 2.75) is 57.5 Å². The van der Waals surface area contributed by atoms with Crippen molar-refractivity contribution in [2.75, 3.05) is 20.1 Å². The van der Waals surface area contributed by atoms with E-state index in [9.17, 15) is 0 Å². The van der Waals surface area contributed by atoms with E-state index in [1.54, 1.807) is 6.26 Å². The van der Waals surface area contributed by atoms with Gasteiger partial charge in [0, 0.05) is 17.6 Å². The highest BCUT2D eigenvalue weighted by atomic mass is 16.3.